The number of alkyl halides is 1. The van der Waals surface area contributed by atoms with Crippen LogP contribution in [0.3, 0.4) is 0 Å². The van der Waals surface area contributed by atoms with Crippen molar-refractivity contribution in [3.63, 3.8) is 0 Å². The minimum atomic E-state index is 0.192. The van der Waals surface area contributed by atoms with Gasteiger partial charge in [-0.2, -0.15) is 0 Å². The molecule has 2 N–H and O–H groups in total. The van der Waals surface area contributed by atoms with Crippen molar-refractivity contribution in [1.82, 2.24) is 0 Å². The third-order valence-corrected chi connectivity index (χ3v) is 3.17. The number of amidine groups is 1. The number of amides is 1. The van der Waals surface area contributed by atoms with Gasteiger partial charge in [0, 0.05) is 18.7 Å². The van der Waals surface area contributed by atoms with E-state index in [4.69, 9.17) is 17.3 Å². The molecule has 0 spiro atoms. The zero-order valence-electron chi connectivity index (χ0n) is 10.1. The Morgan fingerprint density at radius 1 is 1.33 bits per heavy atom. The summed E-state index contributed by atoms with van der Waals surface area (Å²) in [5, 5.41) is 0. The third kappa shape index (κ3) is 3.01. The van der Waals surface area contributed by atoms with Crippen LogP contribution in [0, 0.1) is 0 Å². The molecular weight excluding hydrogens is 250 g/mol. The van der Waals surface area contributed by atoms with Crippen molar-refractivity contribution >= 4 is 34.7 Å². The van der Waals surface area contributed by atoms with Gasteiger partial charge in [-0.1, -0.05) is 0 Å². The van der Waals surface area contributed by atoms with Crippen molar-refractivity contribution in [2.45, 2.75) is 19.3 Å². The zero-order chi connectivity index (χ0) is 13.0. The summed E-state index contributed by atoms with van der Waals surface area (Å²) >= 11 is 5.57. The van der Waals surface area contributed by atoms with Crippen LogP contribution < -0.4 is 10.6 Å². The molecule has 96 valence electrons. The van der Waals surface area contributed by atoms with Gasteiger partial charge in [-0.15, -0.1) is 11.6 Å². The Balaban J connectivity index is 2.14. The lowest BCUT2D eigenvalue weighted by Gasteiger charge is -2.26. The van der Waals surface area contributed by atoms with Crippen molar-refractivity contribution in [1.29, 1.82) is 0 Å². The van der Waals surface area contributed by atoms with Crippen LogP contribution in [0.15, 0.2) is 29.3 Å². The van der Waals surface area contributed by atoms with E-state index in [1.54, 1.807) is 0 Å². The molecule has 18 heavy (non-hydrogen) atoms. The van der Waals surface area contributed by atoms with Gasteiger partial charge < -0.3 is 10.6 Å². The molecule has 5 heteroatoms. The van der Waals surface area contributed by atoms with Crippen LogP contribution in [0.5, 0.6) is 0 Å². The summed E-state index contributed by atoms with van der Waals surface area (Å²) < 4.78 is 0. The second-order valence-corrected chi connectivity index (χ2v) is 4.52. The maximum atomic E-state index is 11.8. The summed E-state index contributed by atoms with van der Waals surface area (Å²) in [5.41, 5.74) is 7.23. The van der Waals surface area contributed by atoms with Crippen LogP contribution in [0.25, 0.3) is 0 Å². The fourth-order valence-electron chi connectivity index (χ4n) is 1.98. The highest BCUT2D eigenvalue weighted by atomic mass is 35.5. The van der Waals surface area contributed by atoms with Gasteiger partial charge in [-0.05, 0) is 37.1 Å². The van der Waals surface area contributed by atoms with E-state index < -0.39 is 0 Å². The molecule has 1 aliphatic rings. The van der Waals surface area contributed by atoms with Crippen molar-refractivity contribution in [2.75, 3.05) is 17.3 Å². The molecule has 0 aliphatic carbocycles. The molecule has 4 nitrogen and oxygen atoms in total. The lowest BCUT2D eigenvalue weighted by Crippen LogP contribution is -2.35. The highest BCUT2D eigenvalue weighted by Gasteiger charge is 2.19. The van der Waals surface area contributed by atoms with Crippen LogP contribution >= 0.6 is 11.6 Å². The van der Waals surface area contributed by atoms with Gasteiger partial charge in [0.1, 0.15) is 5.84 Å². The molecule has 2 rings (SSSR count). The number of benzene rings is 1. The second kappa shape index (κ2) is 5.87. The Hall–Kier alpha value is -1.55. The monoisotopic (exact) mass is 265 g/mol. The molecule has 0 bridgehead atoms. The van der Waals surface area contributed by atoms with Crippen LogP contribution in [0.2, 0.25) is 0 Å². The quantitative estimate of drug-likeness (QED) is 0.518. The molecule has 1 aromatic carbocycles. The number of nitrogens with two attached hydrogens (primary N) is 1. The molecule has 0 aromatic heterocycles. The number of hydrogen-bond donors (Lipinski definition) is 1. The SMILES string of the molecule is NC(CCl)=Nc1ccc(N2CCCCC2=O)cc1. The van der Waals surface area contributed by atoms with Gasteiger partial charge in [0.15, 0.2) is 0 Å². The molecule has 0 unspecified atom stereocenters. The second-order valence-electron chi connectivity index (χ2n) is 4.26. The van der Waals surface area contributed by atoms with Gasteiger partial charge in [0.2, 0.25) is 5.91 Å². The molecule has 1 aliphatic heterocycles. The van der Waals surface area contributed by atoms with Crippen molar-refractivity contribution < 1.29 is 4.79 Å². The van der Waals surface area contributed by atoms with Crippen LogP contribution in [0.1, 0.15) is 19.3 Å². The molecule has 1 amide bonds. The number of anilines is 1. The first kappa shape index (κ1) is 12.9. The van der Waals surface area contributed by atoms with E-state index in [-0.39, 0.29) is 11.8 Å². The number of carbonyl (C=O) groups excluding carboxylic acids is 1. The molecular formula is C13H16ClN3O. The number of rotatable bonds is 3. The van der Waals surface area contributed by atoms with Crippen LogP contribution in [-0.2, 0) is 4.79 Å². The standard InChI is InChI=1S/C13H16ClN3O/c14-9-12(15)16-10-4-6-11(7-5-10)17-8-2-1-3-13(17)18/h4-7H,1-3,8-9H2,(H2,15,16). The number of nitrogens with zero attached hydrogens (tertiary/aromatic N) is 2. The first-order valence-corrected chi connectivity index (χ1v) is 6.53. The Morgan fingerprint density at radius 3 is 2.67 bits per heavy atom. The minimum absolute atomic E-state index is 0.192. The fraction of sp³-hybridized carbons (Fsp3) is 0.385. The van der Waals surface area contributed by atoms with Crippen LogP contribution in [0.4, 0.5) is 11.4 Å². The molecule has 0 atom stereocenters. The molecule has 1 saturated heterocycles. The molecule has 1 heterocycles. The maximum Gasteiger partial charge on any atom is 0.226 e. The summed E-state index contributed by atoms with van der Waals surface area (Å²) in [4.78, 5) is 17.7. The van der Waals surface area contributed by atoms with E-state index in [0.717, 1.165) is 30.8 Å². The summed E-state index contributed by atoms with van der Waals surface area (Å²) in [6.07, 6.45) is 2.69. The largest absolute Gasteiger partial charge is 0.386 e. The van der Waals surface area contributed by atoms with Crippen LogP contribution in [-0.4, -0.2) is 24.2 Å². The van der Waals surface area contributed by atoms with E-state index in [9.17, 15) is 4.79 Å². The molecule has 1 fully saturated rings. The van der Waals surface area contributed by atoms with Crippen molar-refractivity contribution in [3.05, 3.63) is 24.3 Å². The highest BCUT2D eigenvalue weighted by molar-refractivity contribution is 6.28. The lowest BCUT2D eigenvalue weighted by atomic mass is 10.1. The maximum absolute atomic E-state index is 11.8. The van der Waals surface area contributed by atoms with Gasteiger partial charge in [0.25, 0.3) is 0 Å². The smallest absolute Gasteiger partial charge is 0.226 e. The fourth-order valence-corrected chi connectivity index (χ4v) is 2.04. The Labute approximate surface area is 111 Å². The van der Waals surface area contributed by atoms with E-state index in [1.807, 2.05) is 29.2 Å². The van der Waals surface area contributed by atoms with E-state index in [0.29, 0.717) is 12.3 Å². The van der Waals surface area contributed by atoms with Gasteiger partial charge >= 0.3 is 0 Å². The normalized spacial score (nSPS) is 17.1. The van der Waals surface area contributed by atoms with Crippen molar-refractivity contribution in [3.8, 4) is 0 Å². The number of halogens is 1. The minimum Gasteiger partial charge on any atom is -0.386 e. The zero-order valence-corrected chi connectivity index (χ0v) is 10.9. The Morgan fingerprint density at radius 2 is 2.06 bits per heavy atom. The highest BCUT2D eigenvalue weighted by Crippen LogP contribution is 2.23. The van der Waals surface area contributed by atoms with E-state index >= 15 is 0 Å². The van der Waals surface area contributed by atoms with E-state index in [1.165, 1.54) is 0 Å². The predicted molar refractivity (Wildman–Crippen MR) is 74.6 cm³/mol. The Bertz CT molecular complexity index is 456. The molecule has 0 radical (unpaired) electrons. The summed E-state index contributed by atoms with van der Waals surface area (Å²) in [7, 11) is 0. The average molecular weight is 266 g/mol. The summed E-state index contributed by atoms with van der Waals surface area (Å²) in [6.45, 7) is 0.797. The number of aliphatic imine (C=N–C) groups is 1. The predicted octanol–water partition coefficient (Wildman–Crippen LogP) is 2.43. The number of piperidine rings is 1. The average Bonchev–Trinajstić information content (AvgIpc) is 2.40. The number of hydrogen-bond acceptors (Lipinski definition) is 2. The topological polar surface area (TPSA) is 58.7 Å². The van der Waals surface area contributed by atoms with E-state index in [2.05, 4.69) is 4.99 Å². The van der Waals surface area contributed by atoms with Gasteiger partial charge in [-0.3, -0.25) is 4.79 Å². The van der Waals surface area contributed by atoms with Gasteiger partial charge in [0.05, 0.1) is 11.6 Å². The number of carbonyl (C=O) groups is 1. The van der Waals surface area contributed by atoms with Crippen molar-refractivity contribution in [2.24, 2.45) is 10.7 Å². The molecule has 1 aromatic rings. The van der Waals surface area contributed by atoms with Gasteiger partial charge in [-0.25, -0.2) is 4.99 Å². The summed E-state index contributed by atoms with van der Waals surface area (Å²) in [5.74, 6) is 0.794. The molecule has 0 saturated carbocycles. The third-order valence-electron chi connectivity index (χ3n) is 2.89. The first-order chi connectivity index (χ1) is 8.70. The lowest BCUT2D eigenvalue weighted by molar-refractivity contribution is -0.119. The summed E-state index contributed by atoms with van der Waals surface area (Å²) in [6, 6.07) is 7.47. The Kier molecular flexibility index (Phi) is 4.20. The first-order valence-electron chi connectivity index (χ1n) is 6.00.